The molecule has 0 unspecified atom stereocenters. The van der Waals surface area contributed by atoms with E-state index in [-0.39, 0.29) is 31.2 Å². The number of carbonyl (C=O) groups excluding carboxylic acids is 1. The van der Waals surface area contributed by atoms with Gasteiger partial charge < -0.3 is 14.4 Å². The molecule has 0 bridgehead atoms. The Morgan fingerprint density at radius 3 is 2.40 bits per heavy atom. The van der Waals surface area contributed by atoms with Gasteiger partial charge in [-0.1, -0.05) is 30.3 Å². The van der Waals surface area contributed by atoms with E-state index in [2.05, 4.69) is 0 Å². The second-order valence-electron chi connectivity index (χ2n) is 6.89. The lowest BCUT2D eigenvalue weighted by Gasteiger charge is -2.39. The Morgan fingerprint density at radius 2 is 1.80 bits per heavy atom. The summed E-state index contributed by atoms with van der Waals surface area (Å²) in [5.74, 6) is -0.163. The Hall–Kier alpha value is -1.64. The second-order valence-corrected chi connectivity index (χ2v) is 8.53. The van der Waals surface area contributed by atoms with Crippen molar-refractivity contribution in [3.8, 4) is 0 Å². The van der Waals surface area contributed by atoms with Gasteiger partial charge in [-0.3, -0.25) is 4.18 Å². The second kappa shape index (κ2) is 8.16. The molecule has 1 aromatic rings. The van der Waals surface area contributed by atoms with Crippen LogP contribution in [0.3, 0.4) is 0 Å². The molecule has 0 aromatic heterocycles. The SMILES string of the molecule is CC(C)(C)OC(=O)N1CC(OCCOS(=O)(=O)Cc2ccccc2)C1. The van der Waals surface area contributed by atoms with E-state index in [1.165, 1.54) is 0 Å². The summed E-state index contributed by atoms with van der Waals surface area (Å²) < 4.78 is 39.4. The molecule has 7 nitrogen and oxygen atoms in total. The minimum atomic E-state index is -3.63. The smallest absolute Gasteiger partial charge is 0.410 e. The maximum absolute atomic E-state index is 11.9. The molecular weight excluding hydrogens is 346 g/mol. The van der Waals surface area contributed by atoms with Crippen LogP contribution < -0.4 is 0 Å². The Kier molecular flexibility index (Phi) is 6.42. The Balaban J connectivity index is 1.61. The number of nitrogens with zero attached hydrogens (tertiary/aromatic N) is 1. The van der Waals surface area contributed by atoms with Crippen LogP contribution in [0.2, 0.25) is 0 Å². The van der Waals surface area contributed by atoms with Gasteiger partial charge in [0.2, 0.25) is 0 Å². The van der Waals surface area contributed by atoms with Crippen LogP contribution in [0.1, 0.15) is 26.3 Å². The highest BCUT2D eigenvalue weighted by molar-refractivity contribution is 7.85. The van der Waals surface area contributed by atoms with Gasteiger partial charge in [0.05, 0.1) is 32.4 Å². The zero-order valence-corrected chi connectivity index (χ0v) is 15.6. The molecule has 0 N–H and O–H groups in total. The molecule has 8 heteroatoms. The fraction of sp³-hybridized carbons (Fsp3) is 0.588. The van der Waals surface area contributed by atoms with E-state index in [1.807, 2.05) is 26.8 Å². The van der Waals surface area contributed by atoms with Crippen molar-refractivity contribution in [2.24, 2.45) is 0 Å². The topological polar surface area (TPSA) is 82.1 Å². The van der Waals surface area contributed by atoms with Gasteiger partial charge in [-0.15, -0.1) is 0 Å². The number of amides is 1. The molecule has 1 heterocycles. The first-order valence-electron chi connectivity index (χ1n) is 8.15. The number of hydrogen-bond donors (Lipinski definition) is 0. The predicted molar refractivity (Wildman–Crippen MR) is 92.6 cm³/mol. The molecule has 0 radical (unpaired) electrons. The van der Waals surface area contributed by atoms with E-state index >= 15 is 0 Å². The predicted octanol–water partition coefficient (Wildman–Crippen LogP) is 2.17. The summed E-state index contributed by atoms with van der Waals surface area (Å²) in [5, 5.41) is 0. The monoisotopic (exact) mass is 371 g/mol. The number of hydrogen-bond acceptors (Lipinski definition) is 6. The summed E-state index contributed by atoms with van der Waals surface area (Å²) in [4.78, 5) is 13.3. The minimum absolute atomic E-state index is 0.0435. The van der Waals surface area contributed by atoms with E-state index in [0.717, 1.165) is 0 Å². The van der Waals surface area contributed by atoms with Crippen LogP contribution >= 0.6 is 0 Å². The number of rotatable bonds is 7. The van der Waals surface area contributed by atoms with Crippen LogP contribution in [-0.2, 0) is 29.5 Å². The first-order chi connectivity index (χ1) is 11.6. The van der Waals surface area contributed by atoms with E-state index in [4.69, 9.17) is 13.7 Å². The van der Waals surface area contributed by atoms with Gasteiger partial charge in [0.25, 0.3) is 10.1 Å². The summed E-state index contributed by atoms with van der Waals surface area (Å²) in [6.07, 6.45) is -0.484. The molecule has 1 amide bonds. The van der Waals surface area contributed by atoms with Gasteiger partial charge in [0.15, 0.2) is 0 Å². The highest BCUT2D eigenvalue weighted by atomic mass is 32.2. The molecule has 1 aliphatic heterocycles. The van der Waals surface area contributed by atoms with Gasteiger partial charge in [-0.25, -0.2) is 4.79 Å². The normalized spacial score (nSPS) is 15.7. The highest BCUT2D eigenvalue weighted by Gasteiger charge is 2.34. The van der Waals surface area contributed by atoms with Crippen molar-refractivity contribution in [2.75, 3.05) is 26.3 Å². The van der Waals surface area contributed by atoms with Gasteiger partial charge in [-0.05, 0) is 26.3 Å². The zero-order chi connectivity index (χ0) is 18.5. The van der Waals surface area contributed by atoms with Crippen LogP contribution in [0, 0.1) is 0 Å². The standard InChI is InChI=1S/C17H25NO6S/c1-17(2,3)24-16(19)18-11-15(12-18)22-9-10-23-25(20,21)13-14-7-5-4-6-8-14/h4-8,15H,9-13H2,1-3H3. The van der Waals surface area contributed by atoms with Crippen LogP contribution in [0.4, 0.5) is 4.79 Å². The van der Waals surface area contributed by atoms with Gasteiger partial charge in [0.1, 0.15) is 11.4 Å². The summed E-state index contributed by atoms with van der Waals surface area (Å²) in [5.41, 5.74) is 0.152. The molecule has 2 rings (SSSR count). The van der Waals surface area contributed by atoms with Gasteiger partial charge >= 0.3 is 6.09 Å². The molecule has 25 heavy (non-hydrogen) atoms. The molecule has 0 aliphatic carbocycles. The quantitative estimate of drug-likeness (QED) is 0.540. The molecule has 0 saturated carbocycles. The van der Waals surface area contributed by atoms with Gasteiger partial charge in [0, 0.05) is 0 Å². The molecule has 0 atom stereocenters. The lowest BCUT2D eigenvalue weighted by atomic mass is 10.2. The van der Waals surface area contributed by atoms with E-state index in [1.54, 1.807) is 29.2 Å². The number of ether oxygens (including phenoxy) is 2. The summed E-state index contributed by atoms with van der Waals surface area (Å²) in [6, 6.07) is 8.85. The number of benzene rings is 1. The largest absolute Gasteiger partial charge is 0.444 e. The molecule has 1 aliphatic rings. The molecule has 0 spiro atoms. The Morgan fingerprint density at radius 1 is 1.16 bits per heavy atom. The average Bonchev–Trinajstić information content (AvgIpc) is 2.43. The summed E-state index contributed by atoms with van der Waals surface area (Å²) >= 11 is 0. The van der Waals surface area contributed by atoms with Crippen molar-refractivity contribution < 1.29 is 26.9 Å². The fourth-order valence-corrected chi connectivity index (χ4v) is 3.22. The highest BCUT2D eigenvalue weighted by Crippen LogP contribution is 2.17. The van der Waals surface area contributed by atoms with Crippen molar-refractivity contribution in [3.63, 3.8) is 0 Å². The van der Waals surface area contributed by atoms with Crippen LogP contribution in [-0.4, -0.2) is 57.4 Å². The molecule has 1 aromatic carbocycles. The lowest BCUT2D eigenvalue weighted by molar-refractivity contribution is -0.0676. The fourth-order valence-electron chi connectivity index (χ4n) is 2.21. The van der Waals surface area contributed by atoms with Crippen molar-refractivity contribution >= 4 is 16.2 Å². The first kappa shape index (κ1) is 19.7. The minimum Gasteiger partial charge on any atom is -0.444 e. The third-order valence-electron chi connectivity index (χ3n) is 3.39. The molecule has 140 valence electrons. The van der Waals surface area contributed by atoms with Gasteiger partial charge in [-0.2, -0.15) is 8.42 Å². The van der Waals surface area contributed by atoms with Crippen LogP contribution in [0.5, 0.6) is 0 Å². The molecule has 1 fully saturated rings. The van der Waals surface area contributed by atoms with Crippen molar-refractivity contribution in [1.82, 2.24) is 4.90 Å². The maximum atomic E-state index is 11.9. The van der Waals surface area contributed by atoms with Crippen LogP contribution in [0.15, 0.2) is 30.3 Å². The van der Waals surface area contributed by atoms with Crippen molar-refractivity contribution in [3.05, 3.63) is 35.9 Å². The third-order valence-corrected chi connectivity index (χ3v) is 4.60. The summed E-state index contributed by atoms with van der Waals surface area (Å²) in [7, 11) is -3.63. The van der Waals surface area contributed by atoms with Crippen LogP contribution in [0.25, 0.3) is 0 Å². The summed E-state index contributed by atoms with van der Waals surface area (Å²) in [6.45, 7) is 6.42. The van der Waals surface area contributed by atoms with E-state index in [9.17, 15) is 13.2 Å². The Labute approximate surface area is 149 Å². The van der Waals surface area contributed by atoms with E-state index in [0.29, 0.717) is 18.7 Å². The maximum Gasteiger partial charge on any atom is 0.410 e. The average molecular weight is 371 g/mol. The molecular formula is C17H25NO6S. The number of likely N-dealkylation sites (tertiary alicyclic amines) is 1. The van der Waals surface area contributed by atoms with E-state index < -0.39 is 15.7 Å². The third kappa shape index (κ3) is 7.01. The Bertz CT molecular complexity index is 662. The van der Waals surface area contributed by atoms with Crippen molar-refractivity contribution in [2.45, 2.75) is 38.2 Å². The molecule has 1 saturated heterocycles. The number of carbonyl (C=O) groups is 1. The van der Waals surface area contributed by atoms with Crippen molar-refractivity contribution in [1.29, 1.82) is 0 Å². The lowest BCUT2D eigenvalue weighted by Crippen LogP contribution is -2.56. The first-order valence-corrected chi connectivity index (χ1v) is 9.73. The zero-order valence-electron chi connectivity index (χ0n) is 14.8.